The van der Waals surface area contributed by atoms with Crippen LogP contribution in [0.3, 0.4) is 0 Å². The molecule has 0 N–H and O–H groups in total. The van der Waals surface area contributed by atoms with Crippen molar-refractivity contribution in [3.05, 3.63) is 132 Å². The Labute approximate surface area is 232 Å². The minimum atomic E-state index is -0.0109. The highest BCUT2D eigenvalue weighted by Gasteiger charge is 2.18. The summed E-state index contributed by atoms with van der Waals surface area (Å²) in [4.78, 5) is 17.5. The van der Waals surface area contributed by atoms with Crippen LogP contribution in [0.4, 0.5) is 0 Å². The predicted octanol–water partition coefficient (Wildman–Crippen LogP) is 9.00. The van der Waals surface area contributed by atoms with Crippen molar-refractivity contribution in [2.45, 2.75) is 0 Å². The largest absolute Gasteiger partial charge is 0.456 e. The van der Waals surface area contributed by atoms with Gasteiger partial charge in [0.15, 0.2) is 0 Å². The molecule has 4 aromatic heterocycles. The lowest BCUT2D eigenvalue weighted by molar-refractivity contribution is 0.660. The van der Waals surface area contributed by atoms with Crippen LogP contribution < -0.4 is 5.43 Å². The van der Waals surface area contributed by atoms with Gasteiger partial charge in [-0.05, 0) is 71.8 Å². The van der Waals surface area contributed by atoms with Crippen LogP contribution in [0.1, 0.15) is 0 Å². The van der Waals surface area contributed by atoms with Gasteiger partial charge < -0.3 is 13.4 Å². The van der Waals surface area contributed by atoms with Crippen LogP contribution in [0.5, 0.6) is 0 Å². The number of hydrogen-bond acceptors (Lipinski definition) is 4. The van der Waals surface area contributed by atoms with E-state index in [4.69, 9.17) is 8.83 Å². The van der Waals surface area contributed by atoms with E-state index in [2.05, 4.69) is 64.1 Å². The Kier molecular flexibility index (Phi) is 4.41. The summed E-state index contributed by atoms with van der Waals surface area (Å²) in [6.07, 6.45) is 3.77. The zero-order valence-electron chi connectivity index (χ0n) is 21.7. The molecular formula is C36H20N2O3. The van der Waals surface area contributed by atoms with Crippen LogP contribution in [0, 0.1) is 0 Å². The summed E-state index contributed by atoms with van der Waals surface area (Å²) >= 11 is 0. The molecule has 0 aliphatic heterocycles. The SMILES string of the molecule is O=c1c2ccccc2oc2cc(-c3ccc(-n4c5cnccc5c5c6c(ccc54)oc4ccccc46)cc3)ccc12. The molecule has 0 spiro atoms. The average molecular weight is 529 g/mol. The fourth-order valence-electron chi connectivity index (χ4n) is 6.23. The van der Waals surface area contributed by atoms with Crippen molar-refractivity contribution in [1.82, 2.24) is 9.55 Å². The smallest absolute Gasteiger partial charge is 0.200 e. The maximum atomic E-state index is 13.0. The molecule has 0 amide bonds. The third kappa shape index (κ3) is 3.11. The maximum Gasteiger partial charge on any atom is 0.200 e. The lowest BCUT2D eigenvalue weighted by Crippen LogP contribution is -2.01. The second-order valence-corrected chi connectivity index (χ2v) is 10.3. The lowest BCUT2D eigenvalue weighted by Gasteiger charge is -2.10. The van der Waals surface area contributed by atoms with Crippen molar-refractivity contribution in [2.24, 2.45) is 0 Å². The summed E-state index contributed by atoms with van der Waals surface area (Å²) in [6.45, 7) is 0. The Morgan fingerprint density at radius 2 is 1.24 bits per heavy atom. The fraction of sp³-hybridized carbons (Fsp3) is 0. The van der Waals surface area contributed by atoms with Gasteiger partial charge in [0, 0.05) is 33.4 Å². The number of fused-ring (bicyclic) bond motifs is 9. The number of para-hydroxylation sites is 2. The number of benzene rings is 5. The van der Waals surface area contributed by atoms with E-state index in [1.54, 1.807) is 6.07 Å². The molecule has 5 heteroatoms. The molecule has 0 fully saturated rings. The molecule has 4 heterocycles. The molecule has 192 valence electrons. The summed E-state index contributed by atoms with van der Waals surface area (Å²) in [5.41, 5.74) is 8.11. The number of aromatic nitrogens is 2. The summed E-state index contributed by atoms with van der Waals surface area (Å²) in [5.74, 6) is 0. The number of furan rings is 1. The maximum absolute atomic E-state index is 13.0. The van der Waals surface area contributed by atoms with E-state index in [9.17, 15) is 4.79 Å². The minimum Gasteiger partial charge on any atom is -0.456 e. The molecule has 9 rings (SSSR count). The average Bonchev–Trinajstić information content (AvgIpc) is 3.57. The molecule has 9 aromatic rings. The minimum absolute atomic E-state index is 0.0109. The molecule has 0 radical (unpaired) electrons. The zero-order chi connectivity index (χ0) is 27.1. The summed E-state index contributed by atoms with van der Waals surface area (Å²) in [5, 5.41) is 5.70. The zero-order valence-corrected chi connectivity index (χ0v) is 21.7. The van der Waals surface area contributed by atoms with Gasteiger partial charge in [-0.15, -0.1) is 0 Å². The van der Waals surface area contributed by atoms with E-state index in [0.29, 0.717) is 21.9 Å². The number of nitrogens with zero attached hydrogens (tertiary/aromatic N) is 2. The van der Waals surface area contributed by atoms with Gasteiger partial charge >= 0.3 is 0 Å². The lowest BCUT2D eigenvalue weighted by atomic mass is 10.0. The van der Waals surface area contributed by atoms with Crippen LogP contribution in [0.2, 0.25) is 0 Å². The molecule has 0 aliphatic rings. The molecular weight excluding hydrogens is 508 g/mol. The molecule has 5 nitrogen and oxygen atoms in total. The van der Waals surface area contributed by atoms with Crippen molar-refractivity contribution in [3.63, 3.8) is 0 Å². The van der Waals surface area contributed by atoms with Gasteiger partial charge in [0.1, 0.15) is 22.3 Å². The van der Waals surface area contributed by atoms with Gasteiger partial charge in [-0.3, -0.25) is 9.78 Å². The van der Waals surface area contributed by atoms with E-state index in [-0.39, 0.29) is 5.43 Å². The molecule has 0 aliphatic carbocycles. The van der Waals surface area contributed by atoms with Crippen LogP contribution in [0.15, 0.2) is 135 Å². The van der Waals surface area contributed by atoms with Gasteiger partial charge in [0.25, 0.3) is 0 Å². The first-order valence-corrected chi connectivity index (χ1v) is 13.5. The van der Waals surface area contributed by atoms with Crippen LogP contribution in [-0.2, 0) is 0 Å². The first kappa shape index (κ1) is 22.2. The number of hydrogen-bond donors (Lipinski definition) is 0. The first-order valence-electron chi connectivity index (χ1n) is 13.5. The highest BCUT2D eigenvalue weighted by molar-refractivity contribution is 6.27. The summed E-state index contributed by atoms with van der Waals surface area (Å²) < 4.78 is 14.6. The monoisotopic (exact) mass is 528 g/mol. The van der Waals surface area contributed by atoms with Crippen LogP contribution in [0.25, 0.3) is 82.5 Å². The van der Waals surface area contributed by atoms with Gasteiger partial charge in [-0.2, -0.15) is 0 Å². The Morgan fingerprint density at radius 1 is 0.537 bits per heavy atom. The molecule has 0 atom stereocenters. The molecule has 0 saturated carbocycles. The number of rotatable bonds is 2. The van der Waals surface area contributed by atoms with Gasteiger partial charge in [0.2, 0.25) is 5.43 Å². The van der Waals surface area contributed by atoms with E-state index in [1.165, 1.54) is 0 Å². The highest BCUT2D eigenvalue weighted by Crippen LogP contribution is 2.41. The third-order valence-electron chi connectivity index (χ3n) is 8.11. The quantitative estimate of drug-likeness (QED) is 0.210. The molecule has 0 unspecified atom stereocenters. The highest BCUT2D eigenvalue weighted by atomic mass is 16.3. The summed E-state index contributed by atoms with van der Waals surface area (Å²) in [7, 11) is 0. The van der Waals surface area contributed by atoms with E-state index in [1.807, 2.05) is 60.9 Å². The molecule has 0 bridgehead atoms. The fourth-order valence-corrected chi connectivity index (χ4v) is 6.23. The Bertz CT molecular complexity index is 2550. The number of pyridine rings is 1. The molecule has 0 saturated heterocycles. The van der Waals surface area contributed by atoms with Crippen LogP contribution in [-0.4, -0.2) is 9.55 Å². The molecule has 5 aromatic carbocycles. The van der Waals surface area contributed by atoms with Gasteiger partial charge in [-0.1, -0.05) is 48.5 Å². The van der Waals surface area contributed by atoms with Crippen molar-refractivity contribution in [1.29, 1.82) is 0 Å². The van der Waals surface area contributed by atoms with E-state index in [0.717, 1.165) is 60.6 Å². The van der Waals surface area contributed by atoms with Crippen molar-refractivity contribution in [2.75, 3.05) is 0 Å². The van der Waals surface area contributed by atoms with Gasteiger partial charge in [-0.25, -0.2) is 0 Å². The van der Waals surface area contributed by atoms with Crippen molar-refractivity contribution in [3.8, 4) is 16.8 Å². The first-order chi connectivity index (χ1) is 20.2. The van der Waals surface area contributed by atoms with E-state index >= 15 is 0 Å². The predicted molar refractivity (Wildman–Crippen MR) is 165 cm³/mol. The second kappa shape index (κ2) is 8.16. The second-order valence-electron chi connectivity index (χ2n) is 10.3. The third-order valence-corrected chi connectivity index (χ3v) is 8.11. The Balaban J connectivity index is 1.23. The Morgan fingerprint density at radius 3 is 2.10 bits per heavy atom. The van der Waals surface area contributed by atoms with Crippen molar-refractivity contribution >= 4 is 65.7 Å². The topological polar surface area (TPSA) is 61.2 Å². The Hall–Kier alpha value is -5.68. The standard InChI is InChI=1S/C36H20N2O3/c39-36-26-6-2-4-8-31(26)41-33-19-22(11-14-27(33)36)21-9-12-23(13-10-21)38-28-15-16-32-35(25-5-1-3-7-30(25)40-32)34(28)24-17-18-37-20-29(24)38/h1-20H. The summed E-state index contributed by atoms with van der Waals surface area (Å²) in [6, 6.07) is 36.1. The molecule has 41 heavy (non-hydrogen) atoms. The van der Waals surface area contributed by atoms with Gasteiger partial charge in [0.05, 0.1) is 28.0 Å². The van der Waals surface area contributed by atoms with Crippen molar-refractivity contribution < 1.29 is 8.83 Å². The van der Waals surface area contributed by atoms with E-state index < -0.39 is 0 Å². The van der Waals surface area contributed by atoms with Crippen LogP contribution >= 0.6 is 0 Å². The normalized spacial score (nSPS) is 12.0.